The summed E-state index contributed by atoms with van der Waals surface area (Å²) in [6.45, 7) is 0. The number of rotatable bonds is 4. The van der Waals surface area contributed by atoms with Crippen molar-refractivity contribution in [2.24, 2.45) is 0 Å². The smallest absolute Gasteiger partial charge is 0.335 e. The molecule has 2 rings (SSSR count). The monoisotopic (exact) mass is 517 g/mol. The second-order valence-electron chi connectivity index (χ2n) is 3.79. The van der Waals surface area contributed by atoms with Crippen molar-refractivity contribution >= 4 is 80.8 Å². The molecule has 1 heterocycles. The molecular formula is C11H6Br3NO4S2. The third kappa shape index (κ3) is 3.86. The molecule has 0 aliphatic carbocycles. The number of sulfonamides is 1. The van der Waals surface area contributed by atoms with Gasteiger partial charge < -0.3 is 5.11 Å². The summed E-state index contributed by atoms with van der Waals surface area (Å²) >= 11 is 10.8. The van der Waals surface area contributed by atoms with Crippen LogP contribution < -0.4 is 4.72 Å². The number of nitrogens with one attached hydrogen (secondary N) is 1. The van der Waals surface area contributed by atoms with E-state index in [1.807, 2.05) is 0 Å². The van der Waals surface area contributed by atoms with Gasteiger partial charge in [-0.25, -0.2) is 13.2 Å². The van der Waals surface area contributed by atoms with Crippen molar-refractivity contribution in [3.8, 4) is 0 Å². The molecule has 0 saturated heterocycles. The van der Waals surface area contributed by atoms with Crippen LogP contribution >= 0.6 is 59.1 Å². The standard InChI is InChI=1S/C11H6Br3NO4S2/c12-6-2-1-5(11(16)17)3-7(6)15-21(18,19)8-4-9(13)20-10(8)14/h1-4,15H,(H,16,17). The second-order valence-corrected chi connectivity index (χ2v) is 10.0. The Hall–Kier alpha value is -0.420. The maximum atomic E-state index is 12.3. The Labute approximate surface area is 149 Å². The fraction of sp³-hybridized carbons (Fsp3) is 0. The molecule has 1 aromatic heterocycles. The first kappa shape index (κ1) is 16.9. The van der Waals surface area contributed by atoms with E-state index in [2.05, 4.69) is 52.5 Å². The Balaban J connectivity index is 2.43. The van der Waals surface area contributed by atoms with Crippen LogP contribution in [0.1, 0.15) is 10.4 Å². The zero-order chi connectivity index (χ0) is 15.8. The largest absolute Gasteiger partial charge is 0.478 e. The highest BCUT2D eigenvalue weighted by Crippen LogP contribution is 2.36. The number of benzene rings is 1. The van der Waals surface area contributed by atoms with Gasteiger partial charge in [0.2, 0.25) is 0 Å². The van der Waals surface area contributed by atoms with Gasteiger partial charge in [-0.2, -0.15) is 0 Å². The molecule has 0 fully saturated rings. The van der Waals surface area contributed by atoms with Gasteiger partial charge in [0, 0.05) is 4.47 Å². The van der Waals surface area contributed by atoms with Crippen LogP contribution in [0.5, 0.6) is 0 Å². The van der Waals surface area contributed by atoms with Gasteiger partial charge >= 0.3 is 5.97 Å². The lowest BCUT2D eigenvalue weighted by atomic mass is 10.2. The lowest BCUT2D eigenvalue weighted by Crippen LogP contribution is -2.13. The van der Waals surface area contributed by atoms with Gasteiger partial charge in [0.25, 0.3) is 10.0 Å². The van der Waals surface area contributed by atoms with Crippen molar-refractivity contribution in [3.63, 3.8) is 0 Å². The van der Waals surface area contributed by atoms with Crippen molar-refractivity contribution in [1.82, 2.24) is 0 Å². The summed E-state index contributed by atoms with van der Waals surface area (Å²) in [7, 11) is -3.83. The third-order valence-electron chi connectivity index (χ3n) is 2.37. The topological polar surface area (TPSA) is 83.5 Å². The Morgan fingerprint density at radius 1 is 1.19 bits per heavy atom. The number of hydrogen-bond acceptors (Lipinski definition) is 4. The molecular weight excluding hydrogens is 514 g/mol. The maximum absolute atomic E-state index is 12.3. The van der Waals surface area contributed by atoms with Crippen LogP contribution in [0.25, 0.3) is 0 Å². The van der Waals surface area contributed by atoms with Crippen molar-refractivity contribution in [3.05, 3.63) is 41.9 Å². The summed E-state index contributed by atoms with van der Waals surface area (Å²) in [5, 5.41) is 8.96. The third-order valence-corrected chi connectivity index (χ3v) is 7.18. The summed E-state index contributed by atoms with van der Waals surface area (Å²) in [6, 6.07) is 5.56. The molecule has 0 amide bonds. The van der Waals surface area contributed by atoms with E-state index in [1.165, 1.54) is 35.6 Å². The average molecular weight is 520 g/mol. The Morgan fingerprint density at radius 2 is 1.86 bits per heavy atom. The van der Waals surface area contributed by atoms with Gasteiger partial charge in [-0.1, -0.05) is 0 Å². The lowest BCUT2D eigenvalue weighted by Gasteiger charge is -2.10. The molecule has 1 aromatic carbocycles. The van der Waals surface area contributed by atoms with Crippen molar-refractivity contribution in [2.45, 2.75) is 4.90 Å². The van der Waals surface area contributed by atoms with E-state index >= 15 is 0 Å². The Kier molecular flexibility index (Phi) is 5.14. The van der Waals surface area contributed by atoms with E-state index in [0.717, 1.165) is 0 Å². The van der Waals surface area contributed by atoms with Crippen LogP contribution in [-0.2, 0) is 10.0 Å². The van der Waals surface area contributed by atoms with Crippen LogP contribution in [0, 0.1) is 0 Å². The summed E-state index contributed by atoms with van der Waals surface area (Å²) in [4.78, 5) is 11.0. The second kappa shape index (κ2) is 6.37. The summed E-state index contributed by atoms with van der Waals surface area (Å²) in [5.41, 5.74) is 0.144. The van der Waals surface area contributed by atoms with Crippen molar-refractivity contribution in [2.75, 3.05) is 4.72 Å². The predicted octanol–water partition coefficient (Wildman–Crippen LogP) is 4.53. The van der Waals surface area contributed by atoms with Gasteiger partial charge in [0.15, 0.2) is 0 Å². The molecule has 112 valence electrons. The van der Waals surface area contributed by atoms with E-state index in [-0.39, 0.29) is 16.1 Å². The minimum atomic E-state index is -3.83. The molecule has 0 aliphatic heterocycles. The zero-order valence-corrected chi connectivity index (χ0v) is 16.3. The summed E-state index contributed by atoms with van der Waals surface area (Å²) < 4.78 is 28.6. The van der Waals surface area contributed by atoms with Crippen LogP contribution in [0.15, 0.2) is 41.2 Å². The Bertz CT molecular complexity index is 817. The van der Waals surface area contributed by atoms with E-state index in [0.29, 0.717) is 12.0 Å². The van der Waals surface area contributed by atoms with Crippen molar-refractivity contribution < 1.29 is 18.3 Å². The van der Waals surface area contributed by atoms with Crippen LogP contribution in [-0.4, -0.2) is 19.5 Å². The van der Waals surface area contributed by atoms with Gasteiger partial charge in [-0.3, -0.25) is 4.72 Å². The van der Waals surface area contributed by atoms with Crippen LogP contribution in [0.3, 0.4) is 0 Å². The molecule has 10 heteroatoms. The first-order valence-electron chi connectivity index (χ1n) is 5.21. The van der Waals surface area contributed by atoms with E-state index in [1.54, 1.807) is 0 Å². The zero-order valence-electron chi connectivity index (χ0n) is 9.93. The number of thiophene rings is 1. The number of halogens is 3. The molecule has 2 N–H and O–H groups in total. The number of carboxylic acid groups (broad SMARTS) is 1. The Morgan fingerprint density at radius 3 is 2.38 bits per heavy atom. The molecule has 0 radical (unpaired) electrons. The first-order chi connectivity index (χ1) is 9.70. The molecule has 0 bridgehead atoms. The predicted molar refractivity (Wildman–Crippen MR) is 91.6 cm³/mol. The van der Waals surface area contributed by atoms with Gasteiger partial charge in [-0.15, -0.1) is 11.3 Å². The van der Waals surface area contributed by atoms with Gasteiger partial charge in [0.1, 0.15) is 4.90 Å². The van der Waals surface area contributed by atoms with Crippen molar-refractivity contribution in [1.29, 1.82) is 0 Å². The lowest BCUT2D eigenvalue weighted by molar-refractivity contribution is 0.0697. The minimum Gasteiger partial charge on any atom is -0.478 e. The average Bonchev–Trinajstić information content (AvgIpc) is 2.71. The highest BCUT2D eigenvalue weighted by Gasteiger charge is 2.22. The molecule has 0 unspecified atom stereocenters. The molecule has 21 heavy (non-hydrogen) atoms. The highest BCUT2D eigenvalue weighted by atomic mass is 79.9. The van der Waals surface area contributed by atoms with Gasteiger partial charge in [-0.05, 0) is 72.1 Å². The number of anilines is 1. The van der Waals surface area contributed by atoms with Crippen LogP contribution in [0.2, 0.25) is 0 Å². The number of carbonyl (C=O) groups is 1. The first-order valence-corrected chi connectivity index (χ1v) is 9.89. The SMILES string of the molecule is O=C(O)c1ccc(Br)c(NS(=O)(=O)c2cc(Br)sc2Br)c1. The number of aromatic carboxylic acids is 1. The molecule has 0 spiro atoms. The van der Waals surface area contributed by atoms with Crippen LogP contribution in [0.4, 0.5) is 5.69 Å². The fourth-order valence-electron chi connectivity index (χ4n) is 1.44. The van der Waals surface area contributed by atoms with Gasteiger partial charge in [0.05, 0.1) is 18.8 Å². The maximum Gasteiger partial charge on any atom is 0.335 e. The fourth-order valence-corrected chi connectivity index (χ4v) is 6.81. The summed E-state index contributed by atoms with van der Waals surface area (Å²) in [5.74, 6) is -1.14. The molecule has 0 saturated carbocycles. The number of carboxylic acids is 1. The van der Waals surface area contributed by atoms with E-state index in [9.17, 15) is 13.2 Å². The number of hydrogen-bond donors (Lipinski definition) is 2. The van der Waals surface area contributed by atoms with E-state index in [4.69, 9.17) is 5.11 Å². The molecule has 2 aromatic rings. The summed E-state index contributed by atoms with van der Waals surface area (Å²) in [6.07, 6.45) is 0. The van der Waals surface area contributed by atoms with E-state index < -0.39 is 16.0 Å². The normalized spacial score (nSPS) is 11.4. The molecule has 0 atom stereocenters. The minimum absolute atomic E-state index is 0.0125. The molecule has 0 aliphatic rings. The molecule has 5 nitrogen and oxygen atoms in total. The highest BCUT2D eigenvalue weighted by molar-refractivity contribution is 9.12. The quantitative estimate of drug-likeness (QED) is 0.621.